The zero-order valence-electron chi connectivity index (χ0n) is 24.0. The average Bonchev–Trinajstić information content (AvgIpc) is 2.82. The third kappa shape index (κ3) is 15.0. The van der Waals surface area contributed by atoms with Crippen molar-refractivity contribution in [3.05, 3.63) is 42.0 Å². The molecule has 0 fully saturated rings. The quantitative estimate of drug-likeness (QED) is 0.166. The molecule has 0 aliphatic carbocycles. The van der Waals surface area contributed by atoms with E-state index in [1.54, 1.807) is 0 Å². The van der Waals surface area contributed by atoms with E-state index >= 15 is 0 Å². The van der Waals surface area contributed by atoms with E-state index in [0.29, 0.717) is 13.0 Å². The van der Waals surface area contributed by atoms with Gasteiger partial charge in [0.15, 0.2) is 0 Å². The van der Waals surface area contributed by atoms with Gasteiger partial charge in [-0.3, -0.25) is 4.79 Å². The third-order valence-electron chi connectivity index (χ3n) is 6.45. The summed E-state index contributed by atoms with van der Waals surface area (Å²) in [6, 6.07) is 6.22. The minimum absolute atomic E-state index is 0.0320. The number of anilines is 1. The van der Waals surface area contributed by atoms with Gasteiger partial charge in [-0.25, -0.2) is 0 Å². The van der Waals surface area contributed by atoms with Crippen LogP contribution in [0.5, 0.6) is 5.75 Å². The molecular weight excluding hydrogens is 444 g/mol. The molecule has 1 amide bonds. The maximum Gasteiger partial charge on any atom is 0.217 e. The minimum atomic E-state index is -0.164. The molecule has 0 aromatic heterocycles. The van der Waals surface area contributed by atoms with Crippen LogP contribution in [0.2, 0.25) is 0 Å². The fourth-order valence-corrected chi connectivity index (χ4v) is 4.59. The van der Waals surface area contributed by atoms with Gasteiger partial charge in [0, 0.05) is 17.7 Å². The van der Waals surface area contributed by atoms with Crippen molar-refractivity contribution in [3.8, 4) is 5.75 Å². The molecule has 1 aliphatic heterocycles. The summed E-state index contributed by atoms with van der Waals surface area (Å²) in [7, 11) is 0. The Balaban J connectivity index is 0.000000367. The Morgan fingerprint density at radius 2 is 1.50 bits per heavy atom. The molecule has 0 spiro atoms. The first kappa shape index (κ1) is 31.8. The summed E-state index contributed by atoms with van der Waals surface area (Å²) in [6.45, 7) is 11.5. The fourth-order valence-electron chi connectivity index (χ4n) is 4.59. The Morgan fingerprint density at radius 1 is 0.917 bits per heavy atom. The first-order valence-corrected chi connectivity index (χ1v) is 14.5. The van der Waals surface area contributed by atoms with Crippen molar-refractivity contribution in [1.82, 2.24) is 0 Å². The van der Waals surface area contributed by atoms with E-state index in [9.17, 15) is 4.79 Å². The summed E-state index contributed by atoms with van der Waals surface area (Å²) in [5.41, 5.74) is 8.87. The van der Waals surface area contributed by atoms with E-state index in [1.807, 2.05) is 13.0 Å². The Hall–Kier alpha value is -2.23. The van der Waals surface area contributed by atoms with Gasteiger partial charge in [0.05, 0.1) is 12.1 Å². The Kier molecular flexibility index (Phi) is 16.7. The van der Waals surface area contributed by atoms with E-state index in [2.05, 4.69) is 63.4 Å². The van der Waals surface area contributed by atoms with Crippen LogP contribution in [-0.4, -0.2) is 18.1 Å². The van der Waals surface area contributed by atoms with Crippen molar-refractivity contribution in [2.24, 2.45) is 5.73 Å². The topological polar surface area (TPSA) is 64.4 Å². The number of rotatable bonds is 17. The van der Waals surface area contributed by atoms with Crippen molar-refractivity contribution >= 4 is 17.2 Å². The number of hydrogen-bond acceptors (Lipinski definition) is 3. The van der Waals surface area contributed by atoms with Gasteiger partial charge in [-0.15, -0.1) is 0 Å². The van der Waals surface area contributed by atoms with Crippen LogP contribution < -0.4 is 15.8 Å². The largest absolute Gasteiger partial charge is 0.494 e. The normalized spacial score (nSPS) is 13.9. The number of ether oxygens (including phenoxy) is 1. The molecule has 0 radical (unpaired) electrons. The number of carbonyl (C=O) groups excluding carboxylic acids is 1. The van der Waals surface area contributed by atoms with Crippen LogP contribution in [0.4, 0.5) is 5.69 Å². The number of fused-ring (bicyclic) bond motifs is 1. The zero-order chi connectivity index (χ0) is 26.7. The highest BCUT2D eigenvalue weighted by molar-refractivity contribution is 5.80. The Morgan fingerprint density at radius 3 is 2.08 bits per heavy atom. The molecule has 0 unspecified atom stereocenters. The molecule has 2 rings (SSSR count). The van der Waals surface area contributed by atoms with E-state index in [1.165, 1.54) is 87.5 Å². The van der Waals surface area contributed by atoms with Crippen LogP contribution in [0.3, 0.4) is 0 Å². The van der Waals surface area contributed by atoms with Crippen molar-refractivity contribution in [1.29, 1.82) is 0 Å². The highest BCUT2D eigenvalue weighted by Crippen LogP contribution is 2.35. The van der Waals surface area contributed by atoms with Crippen LogP contribution in [0.1, 0.15) is 130 Å². The standard InChI is InChI=1S/C18H35NO.C14H19NO/c1-2-3-4-5-6-7-8-9-10-11-12-13-14-15-16-17-18(19)20;1-5-16-11-6-7-13-12(8-11)10(2)9-14(3,4)15-13/h9-10H,2-8,11-17H2,1H3,(H2,19,20);6-9,15H,5H2,1-4H3/b10-9-;. The lowest BCUT2D eigenvalue weighted by Crippen LogP contribution is -2.31. The van der Waals surface area contributed by atoms with E-state index in [4.69, 9.17) is 10.5 Å². The summed E-state index contributed by atoms with van der Waals surface area (Å²) in [6.07, 6.45) is 24.2. The number of allylic oxidation sites excluding steroid dienone is 3. The van der Waals surface area contributed by atoms with Gasteiger partial charge in [0.25, 0.3) is 0 Å². The number of amides is 1. The second-order valence-electron chi connectivity index (χ2n) is 10.6. The summed E-state index contributed by atoms with van der Waals surface area (Å²) in [5, 5.41) is 3.50. The monoisotopic (exact) mass is 498 g/mol. The molecule has 3 N–H and O–H groups in total. The number of carbonyl (C=O) groups is 1. The maximum absolute atomic E-state index is 10.5. The zero-order valence-corrected chi connectivity index (χ0v) is 24.0. The summed E-state index contributed by atoms with van der Waals surface area (Å²) < 4.78 is 5.52. The van der Waals surface area contributed by atoms with Gasteiger partial charge >= 0.3 is 0 Å². The SMILES string of the molecule is CCCCCCCC/C=C\CCCCCCCC(N)=O.CCOc1ccc2c(c1)C(C)=CC(C)(C)N2. The lowest BCUT2D eigenvalue weighted by Gasteiger charge is -2.31. The van der Waals surface area contributed by atoms with Crippen LogP contribution in [0.15, 0.2) is 36.4 Å². The van der Waals surface area contributed by atoms with Gasteiger partial charge < -0.3 is 15.8 Å². The molecule has 1 aliphatic rings. The molecule has 0 saturated carbocycles. The predicted octanol–water partition coefficient (Wildman–Crippen LogP) is 9.20. The summed E-state index contributed by atoms with van der Waals surface area (Å²) in [4.78, 5) is 10.5. The molecule has 4 nitrogen and oxygen atoms in total. The van der Waals surface area contributed by atoms with Gasteiger partial charge in [0.1, 0.15) is 5.75 Å². The smallest absolute Gasteiger partial charge is 0.217 e. The van der Waals surface area contributed by atoms with Crippen molar-refractivity contribution in [2.45, 2.75) is 130 Å². The summed E-state index contributed by atoms with van der Waals surface area (Å²) in [5.74, 6) is 0.776. The van der Waals surface area contributed by atoms with Crippen molar-refractivity contribution in [2.75, 3.05) is 11.9 Å². The van der Waals surface area contributed by atoms with Gasteiger partial charge in [0.2, 0.25) is 5.91 Å². The minimum Gasteiger partial charge on any atom is -0.494 e. The van der Waals surface area contributed by atoms with Crippen molar-refractivity contribution in [3.63, 3.8) is 0 Å². The molecule has 4 heteroatoms. The number of benzene rings is 1. The maximum atomic E-state index is 10.5. The second kappa shape index (κ2) is 19.0. The van der Waals surface area contributed by atoms with Crippen LogP contribution in [0.25, 0.3) is 5.57 Å². The Labute approximate surface area is 222 Å². The summed E-state index contributed by atoms with van der Waals surface area (Å²) >= 11 is 0. The fraction of sp³-hybridized carbons (Fsp3) is 0.656. The van der Waals surface area contributed by atoms with Gasteiger partial charge in [-0.05, 0) is 83.6 Å². The number of nitrogens with one attached hydrogen (secondary N) is 1. The first-order chi connectivity index (χ1) is 17.3. The molecule has 204 valence electrons. The number of hydrogen-bond donors (Lipinski definition) is 2. The molecule has 1 aromatic rings. The highest BCUT2D eigenvalue weighted by atomic mass is 16.5. The molecular formula is C32H54N2O2. The first-order valence-electron chi connectivity index (χ1n) is 14.5. The van der Waals surface area contributed by atoms with Crippen LogP contribution >= 0.6 is 0 Å². The molecule has 1 heterocycles. The van der Waals surface area contributed by atoms with E-state index in [-0.39, 0.29) is 11.4 Å². The van der Waals surface area contributed by atoms with Crippen LogP contribution in [-0.2, 0) is 4.79 Å². The second-order valence-corrected chi connectivity index (χ2v) is 10.6. The highest BCUT2D eigenvalue weighted by Gasteiger charge is 2.22. The molecule has 0 saturated heterocycles. The number of unbranched alkanes of at least 4 members (excludes halogenated alkanes) is 11. The lowest BCUT2D eigenvalue weighted by molar-refractivity contribution is -0.118. The van der Waals surface area contributed by atoms with Gasteiger partial charge in [-0.2, -0.15) is 0 Å². The van der Waals surface area contributed by atoms with Crippen LogP contribution in [0, 0.1) is 0 Å². The molecule has 36 heavy (non-hydrogen) atoms. The Bertz CT molecular complexity index is 795. The molecule has 0 atom stereocenters. The predicted molar refractivity (Wildman–Crippen MR) is 158 cm³/mol. The molecule has 1 aromatic carbocycles. The molecule has 0 bridgehead atoms. The van der Waals surface area contributed by atoms with Crippen molar-refractivity contribution < 1.29 is 9.53 Å². The number of primary amides is 1. The van der Waals surface area contributed by atoms with E-state index in [0.717, 1.165) is 18.6 Å². The van der Waals surface area contributed by atoms with E-state index < -0.39 is 0 Å². The lowest BCUT2D eigenvalue weighted by atomic mass is 9.91. The number of nitrogens with two attached hydrogens (primary N) is 1. The average molecular weight is 499 g/mol. The third-order valence-corrected chi connectivity index (χ3v) is 6.45. The van der Waals surface area contributed by atoms with Gasteiger partial charge in [-0.1, -0.05) is 76.5 Å².